The molecule has 0 saturated heterocycles. The molecule has 1 heterocycles. The first kappa shape index (κ1) is 15.1. The maximum atomic E-state index is 12.7. The molecule has 1 aromatic heterocycles. The van der Waals surface area contributed by atoms with Gasteiger partial charge < -0.3 is 5.11 Å². The molecule has 0 aliphatic heterocycles. The van der Waals surface area contributed by atoms with E-state index in [1.54, 1.807) is 10.7 Å². The minimum atomic E-state index is -4.58. The fraction of sp³-hybridized carbons (Fsp3) is 0.286. The largest absolute Gasteiger partial charge is 0.478 e. The van der Waals surface area contributed by atoms with Crippen molar-refractivity contribution in [2.75, 3.05) is 0 Å². The van der Waals surface area contributed by atoms with E-state index in [2.05, 4.69) is 5.10 Å². The summed E-state index contributed by atoms with van der Waals surface area (Å²) in [5.74, 6) is -1.41. The third-order valence-electron chi connectivity index (χ3n) is 3.01. The van der Waals surface area contributed by atoms with Gasteiger partial charge in [-0.3, -0.25) is 4.68 Å². The Bertz CT molecular complexity index is 675. The third kappa shape index (κ3) is 2.91. The zero-order valence-corrected chi connectivity index (χ0v) is 11.3. The summed E-state index contributed by atoms with van der Waals surface area (Å²) in [5.41, 5.74) is -0.704. The van der Waals surface area contributed by atoms with Crippen molar-refractivity contribution in [2.45, 2.75) is 26.1 Å². The molecule has 7 heteroatoms. The van der Waals surface area contributed by atoms with Crippen LogP contribution in [0.1, 0.15) is 35.8 Å². The predicted octanol–water partition coefficient (Wildman–Crippen LogP) is 3.85. The quantitative estimate of drug-likeness (QED) is 0.936. The summed E-state index contributed by atoms with van der Waals surface area (Å²) in [6, 6.07) is 4.23. The van der Waals surface area contributed by atoms with Crippen LogP contribution in [-0.4, -0.2) is 20.9 Å². The molecule has 1 N–H and O–H groups in total. The molecule has 112 valence electrons. The number of hydrogen-bond acceptors (Lipinski definition) is 2. The van der Waals surface area contributed by atoms with Crippen molar-refractivity contribution in [3.8, 4) is 11.3 Å². The standard InChI is InChI=1S/C14H13F3N2O2/c1-8(2)19-12(5-6-18-19)10-4-3-9(14(15,16)17)7-11(10)13(20)21/h3-8H,1-2H3,(H,20,21). The number of carboxylic acid groups (broad SMARTS) is 1. The molecule has 0 aliphatic rings. The van der Waals surface area contributed by atoms with Crippen LogP contribution in [0.3, 0.4) is 0 Å². The number of aromatic nitrogens is 2. The SMILES string of the molecule is CC(C)n1nccc1-c1ccc(C(F)(F)F)cc1C(=O)O. The van der Waals surface area contributed by atoms with Gasteiger partial charge in [0, 0.05) is 17.8 Å². The zero-order valence-electron chi connectivity index (χ0n) is 11.3. The lowest BCUT2D eigenvalue weighted by atomic mass is 10.0. The Morgan fingerprint density at radius 1 is 1.29 bits per heavy atom. The van der Waals surface area contributed by atoms with Crippen molar-refractivity contribution in [3.63, 3.8) is 0 Å². The third-order valence-corrected chi connectivity index (χ3v) is 3.01. The van der Waals surface area contributed by atoms with E-state index in [1.807, 2.05) is 13.8 Å². The number of benzene rings is 1. The second kappa shape index (κ2) is 5.23. The Hall–Kier alpha value is -2.31. The van der Waals surface area contributed by atoms with E-state index in [1.165, 1.54) is 12.3 Å². The molecular weight excluding hydrogens is 285 g/mol. The van der Waals surface area contributed by atoms with Gasteiger partial charge >= 0.3 is 12.1 Å². The zero-order chi connectivity index (χ0) is 15.8. The second-order valence-electron chi connectivity index (χ2n) is 4.82. The smallest absolute Gasteiger partial charge is 0.416 e. The Morgan fingerprint density at radius 2 is 1.95 bits per heavy atom. The van der Waals surface area contributed by atoms with Crippen LogP contribution in [0.15, 0.2) is 30.5 Å². The number of carbonyl (C=O) groups is 1. The lowest BCUT2D eigenvalue weighted by Gasteiger charge is -2.14. The first-order valence-corrected chi connectivity index (χ1v) is 6.20. The van der Waals surface area contributed by atoms with Gasteiger partial charge in [-0.05, 0) is 32.0 Å². The normalized spacial score (nSPS) is 11.9. The molecule has 2 rings (SSSR count). The molecule has 0 atom stereocenters. The van der Waals surface area contributed by atoms with Crippen molar-refractivity contribution in [3.05, 3.63) is 41.6 Å². The monoisotopic (exact) mass is 298 g/mol. The summed E-state index contributed by atoms with van der Waals surface area (Å²) >= 11 is 0. The highest BCUT2D eigenvalue weighted by atomic mass is 19.4. The maximum absolute atomic E-state index is 12.7. The van der Waals surface area contributed by atoms with Crippen molar-refractivity contribution < 1.29 is 23.1 Å². The molecule has 21 heavy (non-hydrogen) atoms. The molecule has 2 aromatic rings. The van der Waals surface area contributed by atoms with Crippen molar-refractivity contribution >= 4 is 5.97 Å². The van der Waals surface area contributed by atoms with Gasteiger partial charge in [0.25, 0.3) is 0 Å². The van der Waals surface area contributed by atoms with Crippen LogP contribution in [0.4, 0.5) is 13.2 Å². The minimum absolute atomic E-state index is 0.0427. The Morgan fingerprint density at radius 3 is 2.48 bits per heavy atom. The lowest BCUT2D eigenvalue weighted by Crippen LogP contribution is -2.11. The highest BCUT2D eigenvalue weighted by Gasteiger charge is 2.32. The van der Waals surface area contributed by atoms with Crippen LogP contribution in [0.2, 0.25) is 0 Å². The number of halogens is 3. The number of aromatic carboxylic acids is 1. The molecule has 0 aliphatic carbocycles. The Labute approximate surface area is 118 Å². The molecule has 0 amide bonds. The average molecular weight is 298 g/mol. The average Bonchev–Trinajstić information content (AvgIpc) is 2.85. The van der Waals surface area contributed by atoms with Crippen molar-refractivity contribution in [1.29, 1.82) is 0 Å². The number of carboxylic acids is 1. The summed E-state index contributed by atoms with van der Waals surface area (Å²) in [6.07, 6.45) is -3.10. The molecule has 0 saturated carbocycles. The summed E-state index contributed by atoms with van der Waals surface area (Å²) in [6.45, 7) is 3.70. The van der Waals surface area contributed by atoms with E-state index >= 15 is 0 Å². The van der Waals surface area contributed by atoms with Gasteiger partial charge in [0.15, 0.2) is 0 Å². The van der Waals surface area contributed by atoms with Gasteiger partial charge in [-0.1, -0.05) is 6.07 Å². The topological polar surface area (TPSA) is 55.1 Å². The van der Waals surface area contributed by atoms with Gasteiger partial charge in [0.2, 0.25) is 0 Å². The fourth-order valence-electron chi connectivity index (χ4n) is 2.06. The van der Waals surface area contributed by atoms with Crippen molar-refractivity contribution in [2.24, 2.45) is 0 Å². The van der Waals surface area contributed by atoms with E-state index in [4.69, 9.17) is 0 Å². The van der Waals surface area contributed by atoms with Gasteiger partial charge in [-0.2, -0.15) is 18.3 Å². The molecule has 4 nitrogen and oxygen atoms in total. The molecular formula is C14H13F3N2O2. The molecule has 0 fully saturated rings. The number of rotatable bonds is 3. The summed E-state index contributed by atoms with van der Waals surface area (Å²) < 4.78 is 39.7. The highest BCUT2D eigenvalue weighted by Crippen LogP contribution is 2.34. The van der Waals surface area contributed by atoms with Crippen LogP contribution in [0.5, 0.6) is 0 Å². The summed E-state index contributed by atoms with van der Waals surface area (Å²) in [7, 11) is 0. The second-order valence-corrected chi connectivity index (χ2v) is 4.82. The lowest BCUT2D eigenvalue weighted by molar-refractivity contribution is -0.137. The minimum Gasteiger partial charge on any atom is -0.478 e. The van der Waals surface area contributed by atoms with E-state index in [0.717, 1.165) is 6.07 Å². The number of hydrogen-bond donors (Lipinski definition) is 1. The highest BCUT2D eigenvalue weighted by molar-refractivity contribution is 5.95. The van der Waals surface area contributed by atoms with Gasteiger partial charge in [-0.15, -0.1) is 0 Å². The van der Waals surface area contributed by atoms with Gasteiger partial charge in [0.1, 0.15) is 0 Å². The van der Waals surface area contributed by atoms with E-state index in [9.17, 15) is 23.1 Å². The maximum Gasteiger partial charge on any atom is 0.416 e. The van der Waals surface area contributed by atoms with Crippen LogP contribution in [0.25, 0.3) is 11.3 Å². The molecule has 1 aromatic carbocycles. The number of alkyl halides is 3. The molecule has 0 unspecified atom stereocenters. The van der Waals surface area contributed by atoms with Crippen LogP contribution in [-0.2, 0) is 6.18 Å². The Balaban J connectivity index is 2.64. The van der Waals surface area contributed by atoms with E-state index < -0.39 is 23.3 Å². The molecule has 0 radical (unpaired) electrons. The molecule has 0 bridgehead atoms. The predicted molar refractivity (Wildman–Crippen MR) is 70.0 cm³/mol. The fourth-order valence-corrected chi connectivity index (χ4v) is 2.06. The Kier molecular flexibility index (Phi) is 3.76. The van der Waals surface area contributed by atoms with Gasteiger partial charge in [0.05, 0.1) is 16.8 Å². The van der Waals surface area contributed by atoms with Crippen LogP contribution >= 0.6 is 0 Å². The van der Waals surface area contributed by atoms with Crippen molar-refractivity contribution in [1.82, 2.24) is 9.78 Å². The van der Waals surface area contributed by atoms with Crippen LogP contribution < -0.4 is 0 Å². The molecule has 0 spiro atoms. The van der Waals surface area contributed by atoms with Crippen LogP contribution in [0, 0.1) is 0 Å². The first-order valence-electron chi connectivity index (χ1n) is 6.20. The number of nitrogens with zero attached hydrogens (tertiary/aromatic N) is 2. The first-order chi connectivity index (χ1) is 9.71. The summed E-state index contributed by atoms with van der Waals surface area (Å²) in [4.78, 5) is 11.3. The summed E-state index contributed by atoms with van der Waals surface area (Å²) in [5, 5.41) is 13.3. The van der Waals surface area contributed by atoms with E-state index in [-0.39, 0.29) is 11.6 Å². The van der Waals surface area contributed by atoms with Gasteiger partial charge in [-0.25, -0.2) is 4.79 Å². The van der Waals surface area contributed by atoms with E-state index in [0.29, 0.717) is 11.8 Å².